The monoisotopic (exact) mass is 239 g/mol. The summed E-state index contributed by atoms with van der Waals surface area (Å²) >= 11 is 0. The summed E-state index contributed by atoms with van der Waals surface area (Å²) in [5.41, 5.74) is 0. The quantitative estimate of drug-likeness (QED) is 0.437. The first kappa shape index (κ1) is 13.6. The topological polar surface area (TPSA) is 57.4 Å². The first-order chi connectivity index (χ1) is 5.97. The summed E-state index contributed by atoms with van der Waals surface area (Å²) in [6.07, 6.45) is 6.43. The minimum absolute atomic E-state index is 0. The Morgan fingerprint density at radius 3 is 2.57 bits per heavy atom. The molecule has 0 amide bonds. The third-order valence-electron chi connectivity index (χ3n) is 1.83. The van der Waals surface area contributed by atoms with Crippen molar-refractivity contribution in [2.24, 2.45) is 5.92 Å². The zero-order chi connectivity index (χ0) is 9.90. The van der Waals surface area contributed by atoms with Crippen molar-refractivity contribution in [1.82, 2.24) is 0 Å². The molecule has 0 saturated heterocycles. The number of hydrogen-bond donors (Lipinski definition) is 1. The van der Waals surface area contributed by atoms with Gasteiger partial charge >= 0.3 is 0 Å². The van der Waals surface area contributed by atoms with Gasteiger partial charge in [0, 0.05) is 6.42 Å². The van der Waals surface area contributed by atoms with Gasteiger partial charge in [-0.3, -0.25) is 4.55 Å². The molecule has 1 N–H and O–H groups in total. The largest absolute Gasteiger partial charge is 1.00 e. The Labute approximate surface area is 90.5 Å². The van der Waals surface area contributed by atoms with Crippen LogP contribution in [0.4, 0.5) is 0 Å². The Balaban J connectivity index is 0.00000169. The molecule has 0 spiro atoms. The van der Waals surface area contributed by atoms with Gasteiger partial charge in [0.25, 0.3) is 10.1 Å². The number of halogens is 1. The number of rotatable bonds is 4. The Kier molecular flexibility index (Phi) is 5.33. The van der Waals surface area contributed by atoms with Gasteiger partial charge in [0.1, 0.15) is 6.54 Å². The van der Waals surface area contributed by atoms with Gasteiger partial charge in [-0.1, -0.05) is 0 Å². The lowest BCUT2D eigenvalue weighted by Crippen LogP contribution is -3.00. The predicted molar refractivity (Wildman–Crippen MR) is 50.5 cm³/mol. The molecule has 0 fully saturated rings. The van der Waals surface area contributed by atoms with Crippen molar-refractivity contribution in [1.29, 1.82) is 0 Å². The van der Waals surface area contributed by atoms with Crippen LogP contribution in [-0.4, -0.2) is 36.1 Å². The van der Waals surface area contributed by atoms with Crippen LogP contribution in [0.5, 0.6) is 0 Å². The molecule has 0 aliphatic carbocycles. The molecule has 0 aromatic carbocycles. The highest BCUT2D eigenvalue weighted by Gasteiger charge is 2.12. The molecule has 1 heterocycles. The van der Waals surface area contributed by atoms with Crippen molar-refractivity contribution in [3.05, 3.63) is 12.3 Å². The predicted octanol–water partition coefficient (Wildman–Crippen LogP) is -2.48. The third kappa shape index (κ3) is 5.36. The summed E-state index contributed by atoms with van der Waals surface area (Å²) in [4.78, 5) is 0. The molecule has 1 atom stereocenters. The number of hydrogen-bond acceptors (Lipinski definition) is 2. The molecule has 0 saturated carbocycles. The SMILES string of the molecule is CC1C=C[N+](CCCS(=O)(=O)O)=C1.[Cl-]. The zero-order valence-corrected chi connectivity index (χ0v) is 9.50. The van der Waals surface area contributed by atoms with Crippen molar-refractivity contribution in [2.45, 2.75) is 13.3 Å². The number of nitrogens with zero attached hydrogens (tertiary/aromatic N) is 1. The summed E-state index contributed by atoms with van der Waals surface area (Å²) in [5, 5.41) is 0. The lowest BCUT2D eigenvalue weighted by molar-refractivity contribution is -0.449. The van der Waals surface area contributed by atoms with E-state index in [0.717, 1.165) is 0 Å². The second-order valence-electron chi connectivity index (χ2n) is 3.23. The molecule has 0 bridgehead atoms. The minimum Gasteiger partial charge on any atom is -1.00 e. The fourth-order valence-corrected chi connectivity index (χ4v) is 1.72. The third-order valence-corrected chi connectivity index (χ3v) is 2.63. The lowest BCUT2D eigenvalue weighted by Gasteiger charge is -1.94. The molecule has 1 aliphatic heterocycles. The molecule has 82 valence electrons. The Hall–Kier alpha value is -0.390. The van der Waals surface area contributed by atoms with Gasteiger partial charge < -0.3 is 12.4 Å². The van der Waals surface area contributed by atoms with Crippen LogP contribution < -0.4 is 12.4 Å². The van der Waals surface area contributed by atoms with Gasteiger partial charge in [0.05, 0.1) is 11.7 Å². The van der Waals surface area contributed by atoms with Gasteiger partial charge in [-0.25, -0.2) is 4.58 Å². The average Bonchev–Trinajstić information content (AvgIpc) is 2.33. The summed E-state index contributed by atoms with van der Waals surface area (Å²) in [6.45, 7) is 2.69. The molecule has 0 aromatic rings. The minimum atomic E-state index is -3.79. The van der Waals surface area contributed by atoms with Crippen LogP contribution in [0.2, 0.25) is 0 Å². The van der Waals surface area contributed by atoms with Crippen molar-refractivity contribution < 1.29 is 30.0 Å². The smallest absolute Gasteiger partial charge is 0.265 e. The second-order valence-corrected chi connectivity index (χ2v) is 4.80. The highest BCUT2D eigenvalue weighted by molar-refractivity contribution is 7.85. The van der Waals surface area contributed by atoms with Crippen molar-refractivity contribution >= 4 is 16.3 Å². The molecule has 0 aromatic heterocycles. The summed E-state index contributed by atoms with van der Waals surface area (Å²) in [6, 6.07) is 0. The van der Waals surface area contributed by atoms with Crippen LogP contribution in [0.15, 0.2) is 12.3 Å². The van der Waals surface area contributed by atoms with Crippen LogP contribution in [0, 0.1) is 5.92 Å². The maximum atomic E-state index is 10.4. The maximum absolute atomic E-state index is 10.4. The van der Waals surface area contributed by atoms with E-state index < -0.39 is 10.1 Å². The summed E-state index contributed by atoms with van der Waals surface area (Å²) in [7, 11) is -3.79. The van der Waals surface area contributed by atoms with E-state index in [2.05, 4.69) is 6.92 Å². The molecular formula is C8H14ClNO3S. The van der Waals surface area contributed by atoms with Crippen LogP contribution >= 0.6 is 0 Å². The van der Waals surface area contributed by atoms with Crippen LogP contribution in [0.1, 0.15) is 13.3 Å². The average molecular weight is 240 g/mol. The molecule has 4 nitrogen and oxygen atoms in total. The summed E-state index contributed by atoms with van der Waals surface area (Å²) < 4.78 is 31.2. The molecule has 0 radical (unpaired) electrons. The standard InChI is InChI=1S/C8H13NO3S.ClH/c1-8-3-5-9(7-8)4-2-6-13(10,11)12;/h3,5,7-8H,2,4,6H2,1H3;1H. The molecule has 6 heteroatoms. The van der Waals surface area contributed by atoms with E-state index in [0.29, 0.717) is 18.9 Å². The van der Waals surface area contributed by atoms with Gasteiger partial charge in [-0.2, -0.15) is 8.42 Å². The van der Waals surface area contributed by atoms with Crippen LogP contribution in [0.25, 0.3) is 0 Å². The normalized spacial score (nSPS) is 20.4. The van der Waals surface area contributed by atoms with Crippen molar-refractivity contribution in [3.8, 4) is 0 Å². The Bertz CT molecular complexity index is 334. The second kappa shape index (κ2) is 5.48. The molecular weight excluding hydrogens is 226 g/mol. The fraction of sp³-hybridized carbons (Fsp3) is 0.625. The van der Waals surface area contributed by atoms with E-state index >= 15 is 0 Å². The molecule has 1 unspecified atom stereocenters. The summed E-state index contributed by atoms with van der Waals surface area (Å²) in [5.74, 6) is 0.255. The van der Waals surface area contributed by atoms with Gasteiger partial charge in [-0.05, 0) is 13.0 Å². The maximum Gasteiger partial charge on any atom is 0.265 e. The van der Waals surface area contributed by atoms with Crippen molar-refractivity contribution in [3.63, 3.8) is 0 Å². The van der Waals surface area contributed by atoms with Gasteiger partial charge in [-0.15, -0.1) is 0 Å². The van der Waals surface area contributed by atoms with Gasteiger partial charge in [0.15, 0.2) is 12.4 Å². The molecule has 1 rings (SSSR count). The highest BCUT2D eigenvalue weighted by atomic mass is 35.5. The van der Waals surface area contributed by atoms with E-state index in [1.165, 1.54) is 0 Å². The van der Waals surface area contributed by atoms with E-state index in [1.54, 1.807) is 0 Å². The van der Waals surface area contributed by atoms with Gasteiger partial charge in [0.2, 0.25) is 0 Å². The van der Waals surface area contributed by atoms with Crippen molar-refractivity contribution in [2.75, 3.05) is 12.3 Å². The zero-order valence-electron chi connectivity index (χ0n) is 7.93. The molecule has 1 aliphatic rings. The first-order valence-corrected chi connectivity index (χ1v) is 5.82. The number of allylic oxidation sites excluding steroid dienone is 1. The van der Waals surface area contributed by atoms with Crippen LogP contribution in [-0.2, 0) is 10.1 Å². The van der Waals surface area contributed by atoms with E-state index in [1.807, 2.05) is 23.1 Å². The molecule has 14 heavy (non-hydrogen) atoms. The first-order valence-electron chi connectivity index (χ1n) is 4.21. The Morgan fingerprint density at radius 2 is 2.14 bits per heavy atom. The lowest BCUT2D eigenvalue weighted by atomic mass is 10.2. The fourth-order valence-electron chi connectivity index (χ4n) is 1.23. The van der Waals surface area contributed by atoms with Crippen LogP contribution in [0.3, 0.4) is 0 Å². The van der Waals surface area contributed by atoms with E-state index in [4.69, 9.17) is 4.55 Å². The van der Waals surface area contributed by atoms with E-state index in [-0.39, 0.29) is 18.2 Å². The Morgan fingerprint density at radius 1 is 1.50 bits per heavy atom. The highest BCUT2D eigenvalue weighted by Crippen LogP contribution is 2.02. The van der Waals surface area contributed by atoms with E-state index in [9.17, 15) is 8.42 Å².